The summed E-state index contributed by atoms with van der Waals surface area (Å²) in [7, 11) is -5.89. The number of hydrogen-bond acceptors (Lipinski definition) is 3. The highest BCUT2D eigenvalue weighted by molar-refractivity contribution is 7.97. The van der Waals surface area contributed by atoms with Gasteiger partial charge in [0.15, 0.2) is 15.0 Å². The average Bonchev–Trinajstić information content (AvgIpc) is 2.53. The highest BCUT2D eigenvalue weighted by atomic mass is 32.2. The first-order chi connectivity index (χ1) is 11.6. The highest BCUT2D eigenvalue weighted by Crippen LogP contribution is 2.25. The lowest BCUT2D eigenvalue weighted by Crippen LogP contribution is -2.21. The minimum absolute atomic E-state index is 0.201. The number of halogens is 3. The lowest BCUT2D eigenvalue weighted by atomic mass is 10.1. The summed E-state index contributed by atoms with van der Waals surface area (Å²) in [6.07, 6.45) is 4.02. The van der Waals surface area contributed by atoms with E-state index in [9.17, 15) is 13.2 Å². The number of rotatable bonds is 5. The maximum Gasteiger partial charge on any atom is 0.485 e. The fourth-order valence-electron chi connectivity index (χ4n) is 1.98. The third-order valence-electron chi connectivity index (χ3n) is 2.98. The summed E-state index contributed by atoms with van der Waals surface area (Å²) >= 11 is 0. The summed E-state index contributed by atoms with van der Waals surface area (Å²) in [5.41, 5.74) is -5.65. The monoisotopic (exact) mass is 390 g/mol. The Labute approximate surface area is 148 Å². The molecule has 0 aliphatic carbocycles. The zero-order valence-electron chi connectivity index (χ0n) is 13.2. The van der Waals surface area contributed by atoms with Gasteiger partial charge in [-0.25, -0.2) is 8.42 Å². The second-order valence-electron chi connectivity index (χ2n) is 4.78. The van der Waals surface area contributed by atoms with Crippen LogP contribution in [0.2, 0.25) is 0 Å². The SMILES string of the molecule is C=CC[S+](CC=C)c1cccc2ccccc12.O=S(=O)([O-])C(F)(F)F. The van der Waals surface area contributed by atoms with Crippen LogP contribution in [0.3, 0.4) is 0 Å². The van der Waals surface area contributed by atoms with Crippen molar-refractivity contribution in [3.63, 3.8) is 0 Å². The van der Waals surface area contributed by atoms with Gasteiger partial charge in [-0.05, 0) is 29.7 Å². The molecular formula is C17H17F3O3S2. The smallest absolute Gasteiger partial charge is 0.485 e. The van der Waals surface area contributed by atoms with Crippen molar-refractivity contribution in [1.29, 1.82) is 0 Å². The molecule has 0 heterocycles. The molecule has 0 saturated carbocycles. The van der Waals surface area contributed by atoms with E-state index in [1.54, 1.807) is 0 Å². The van der Waals surface area contributed by atoms with Crippen LogP contribution in [-0.4, -0.2) is 30.0 Å². The molecule has 0 spiro atoms. The van der Waals surface area contributed by atoms with Gasteiger partial charge >= 0.3 is 5.51 Å². The molecule has 0 aliphatic rings. The molecule has 0 aliphatic heterocycles. The Bertz CT molecular complexity index is 815. The van der Waals surface area contributed by atoms with Crippen molar-refractivity contribution in [3.8, 4) is 0 Å². The minimum Gasteiger partial charge on any atom is -0.741 e. The zero-order chi connectivity index (χ0) is 19.1. The summed E-state index contributed by atoms with van der Waals surface area (Å²) in [5.74, 6) is 2.06. The highest BCUT2D eigenvalue weighted by Gasteiger charge is 2.36. The van der Waals surface area contributed by atoms with Crippen LogP contribution in [0.5, 0.6) is 0 Å². The molecule has 0 radical (unpaired) electrons. The molecule has 8 heteroatoms. The molecule has 0 fully saturated rings. The Morgan fingerprint density at radius 2 is 1.48 bits per heavy atom. The number of alkyl halides is 3. The zero-order valence-corrected chi connectivity index (χ0v) is 14.8. The third kappa shape index (κ3) is 6.22. The molecular weight excluding hydrogens is 373 g/mol. The van der Waals surface area contributed by atoms with Crippen LogP contribution in [0.15, 0.2) is 72.7 Å². The van der Waals surface area contributed by atoms with Gasteiger partial charge in [-0.15, -0.1) is 0 Å². The second kappa shape index (κ2) is 9.07. The lowest BCUT2D eigenvalue weighted by molar-refractivity contribution is -0.0517. The quantitative estimate of drug-likeness (QED) is 0.332. The summed E-state index contributed by atoms with van der Waals surface area (Å²) in [6, 6.07) is 15.1. The average molecular weight is 390 g/mol. The van der Waals surface area contributed by atoms with E-state index in [2.05, 4.69) is 55.6 Å². The molecule has 2 aromatic rings. The Hall–Kier alpha value is -1.77. The van der Waals surface area contributed by atoms with E-state index in [4.69, 9.17) is 13.0 Å². The van der Waals surface area contributed by atoms with Gasteiger partial charge in [-0.1, -0.05) is 43.5 Å². The largest absolute Gasteiger partial charge is 0.741 e. The van der Waals surface area contributed by atoms with Crippen molar-refractivity contribution in [2.45, 2.75) is 10.4 Å². The van der Waals surface area contributed by atoms with Crippen LogP contribution in [0.25, 0.3) is 10.8 Å². The van der Waals surface area contributed by atoms with Crippen molar-refractivity contribution < 1.29 is 26.1 Å². The molecule has 0 unspecified atom stereocenters. The molecule has 2 aromatic carbocycles. The van der Waals surface area contributed by atoms with Gasteiger partial charge < -0.3 is 4.55 Å². The van der Waals surface area contributed by atoms with Gasteiger partial charge in [0.05, 0.1) is 0 Å². The standard InChI is InChI=1S/C16H17S.CHF3O3S/c1-3-12-17(13-4-2)16-11-7-9-14-8-5-6-10-15(14)16;2-1(3,4)8(5,6)7/h3-11H,1-2,12-13H2;(H,5,6,7)/q+1;/p-1. The van der Waals surface area contributed by atoms with Gasteiger partial charge in [-0.3, -0.25) is 0 Å². The van der Waals surface area contributed by atoms with Crippen molar-refractivity contribution in [2.75, 3.05) is 11.5 Å². The molecule has 3 nitrogen and oxygen atoms in total. The van der Waals surface area contributed by atoms with Gasteiger partial charge in [0.1, 0.15) is 11.5 Å². The van der Waals surface area contributed by atoms with Crippen LogP contribution in [0.1, 0.15) is 0 Å². The summed E-state index contributed by atoms with van der Waals surface area (Å²) in [5, 5.41) is 2.68. The maximum atomic E-state index is 10.7. The van der Waals surface area contributed by atoms with E-state index in [0.29, 0.717) is 0 Å². The Morgan fingerprint density at radius 1 is 1.00 bits per heavy atom. The van der Waals surface area contributed by atoms with Crippen LogP contribution in [0, 0.1) is 0 Å². The van der Waals surface area contributed by atoms with Crippen molar-refractivity contribution in [2.24, 2.45) is 0 Å². The molecule has 0 amide bonds. The fourth-order valence-corrected chi connectivity index (χ4v) is 3.81. The van der Waals surface area contributed by atoms with E-state index in [0.717, 1.165) is 11.5 Å². The van der Waals surface area contributed by atoms with Crippen molar-refractivity contribution in [3.05, 3.63) is 67.8 Å². The van der Waals surface area contributed by atoms with Crippen molar-refractivity contribution in [1.82, 2.24) is 0 Å². The Kier molecular flexibility index (Phi) is 7.72. The van der Waals surface area contributed by atoms with Crippen LogP contribution in [-0.2, 0) is 21.0 Å². The molecule has 0 N–H and O–H groups in total. The number of benzene rings is 2. The second-order valence-corrected chi connectivity index (χ2v) is 8.24. The van der Waals surface area contributed by atoms with E-state index in [1.807, 2.05) is 12.2 Å². The molecule has 136 valence electrons. The van der Waals surface area contributed by atoms with E-state index >= 15 is 0 Å². The molecule has 0 atom stereocenters. The van der Waals surface area contributed by atoms with E-state index < -0.39 is 15.6 Å². The Balaban J connectivity index is 0.000000333. The summed E-state index contributed by atoms with van der Waals surface area (Å²) in [6.45, 7) is 7.72. The Morgan fingerprint density at radius 3 is 1.96 bits per heavy atom. The minimum atomic E-state index is -6.09. The van der Waals surface area contributed by atoms with Gasteiger partial charge in [0, 0.05) is 16.3 Å². The maximum absolute atomic E-state index is 10.7. The van der Waals surface area contributed by atoms with Crippen LogP contribution >= 0.6 is 0 Å². The number of fused-ring (bicyclic) bond motifs is 1. The molecule has 25 heavy (non-hydrogen) atoms. The van der Waals surface area contributed by atoms with Gasteiger partial charge in [-0.2, -0.15) is 13.2 Å². The summed E-state index contributed by atoms with van der Waals surface area (Å²) in [4.78, 5) is 1.43. The molecule has 0 aromatic heterocycles. The van der Waals surface area contributed by atoms with E-state index in [-0.39, 0.29) is 10.9 Å². The predicted octanol–water partition coefficient (Wildman–Crippen LogP) is 4.24. The fraction of sp³-hybridized carbons (Fsp3) is 0.176. The first-order valence-electron chi connectivity index (χ1n) is 7.01. The van der Waals surface area contributed by atoms with Crippen LogP contribution in [0.4, 0.5) is 13.2 Å². The number of hydrogen-bond donors (Lipinski definition) is 0. The van der Waals surface area contributed by atoms with Gasteiger partial charge in [0.25, 0.3) is 0 Å². The normalized spacial score (nSPS) is 11.7. The predicted molar refractivity (Wildman–Crippen MR) is 95.5 cm³/mol. The third-order valence-corrected chi connectivity index (χ3v) is 5.80. The first-order valence-corrected chi connectivity index (χ1v) is 9.98. The molecule has 2 rings (SSSR count). The molecule has 0 bridgehead atoms. The summed E-state index contributed by atoms with van der Waals surface area (Å²) < 4.78 is 58.9. The van der Waals surface area contributed by atoms with Gasteiger partial charge in [0.2, 0.25) is 0 Å². The molecule has 0 saturated heterocycles. The van der Waals surface area contributed by atoms with E-state index in [1.165, 1.54) is 15.7 Å². The first kappa shape index (κ1) is 21.3. The lowest BCUT2D eigenvalue weighted by Gasteiger charge is -2.08. The topological polar surface area (TPSA) is 57.2 Å². The van der Waals surface area contributed by atoms with Crippen LogP contribution < -0.4 is 0 Å². The van der Waals surface area contributed by atoms with Crippen molar-refractivity contribution >= 4 is 31.8 Å².